The highest BCUT2D eigenvalue weighted by molar-refractivity contribution is 6.34. The van der Waals surface area contributed by atoms with Crippen molar-refractivity contribution in [1.29, 1.82) is 0 Å². The van der Waals surface area contributed by atoms with Crippen LogP contribution in [-0.2, 0) is 0 Å². The lowest BCUT2D eigenvalue weighted by Gasteiger charge is -2.13. The SMILES string of the molecule is CCC1(CNC(=O)c2cc3ccccc3c(Cl)n2)CC1. The van der Waals surface area contributed by atoms with Crippen molar-refractivity contribution in [3.05, 3.63) is 41.2 Å². The van der Waals surface area contributed by atoms with Gasteiger partial charge in [-0.15, -0.1) is 0 Å². The van der Waals surface area contributed by atoms with E-state index < -0.39 is 0 Å². The lowest BCUT2D eigenvalue weighted by atomic mass is 10.0. The molecule has 3 rings (SSSR count). The summed E-state index contributed by atoms with van der Waals surface area (Å²) in [5.41, 5.74) is 0.719. The molecular weight excluding hydrogens is 272 g/mol. The van der Waals surface area contributed by atoms with Crippen LogP contribution in [0.1, 0.15) is 36.7 Å². The average Bonchev–Trinajstić information content (AvgIpc) is 3.25. The molecule has 0 saturated heterocycles. The Labute approximate surface area is 123 Å². The van der Waals surface area contributed by atoms with Crippen LogP contribution in [0.4, 0.5) is 0 Å². The van der Waals surface area contributed by atoms with Gasteiger partial charge in [-0.2, -0.15) is 0 Å². The molecular formula is C16H17ClN2O. The highest BCUT2D eigenvalue weighted by Gasteiger charge is 2.40. The first-order valence-electron chi connectivity index (χ1n) is 6.97. The standard InChI is InChI=1S/C16H17ClN2O/c1-2-16(7-8-16)10-18-15(20)13-9-11-5-3-4-6-12(11)14(17)19-13/h3-6,9H,2,7-8,10H2,1H3,(H,18,20). The van der Waals surface area contributed by atoms with E-state index in [-0.39, 0.29) is 5.91 Å². The number of hydrogen-bond acceptors (Lipinski definition) is 2. The third-order valence-corrected chi connectivity index (χ3v) is 4.55. The molecule has 20 heavy (non-hydrogen) atoms. The van der Waals surface area contributed by atoms with Gasteiger partial charge in [0.25, 0.3) is 5.91 Å². The Bertz CT molecular complexity index is 665. The van der Waals surface area contributed by atoms with E-state index in [4.69, 9.17) is 11.6 Å². The highest BCUT2D eigenvalue weighted by atomic mass is 35.5. The second-order valence-electron chi connectivity index (χ2n) is 5.56. The topological polar surface area (TPSA) is 42.0 Å². The number of nitrogens with zero attached hydrogens (tertiary/aromatic N) is 1. The summed E-state index contributed by atoms with van der Waals surface area (Å²) < 4.78 is 0. The molecule has 0 unspecified atom stereocenters. The van der Waals surface area contributed by atoms with Gasteiger partial charge in [-0.25, -0.2) is 4.98 Å². The second-order valence-corrected chi connectivity index (χ2v) is 5.91. The first-order chi connectivity index (χ1) is 9.63. The first-order valence-corrected chi connectivity index (χ1v) is 7.35. The van der Waals surface area contributed by atoms with Gasteiger partial charge >= 0.3 is 0 Å². The van der Waals surface area contributed by atoms with Crippen molar-refractivity contribution in [2.45, 2.75) is 26.2 Å². The number of fused-ring (bicyclic) bond motifs is 1. The number of benzene rings is 1. The second kappa shape index (κ2) is 5.06. The molecule has 0 bridgehead atoms. The zero-order valence-electron chi connectivity index (χ0n) is 11.4. The maximum Gasteiger partial charge on any atom is 0.269 e. The first kappa shape index (κ1) is 13.4. The molecule has 1 amide bonds. The van der Waals surface area contributed by atoms with Crippen LogP contribution >= 0.6 is 11.6 Å². The number of carbonyl (C=O) groups excluding carboxylic acids is 1. The zero-order chi connectivity index (χ0) is 14.2. The summed E-state index contributed by atoms with van der Waals surface area (Å²) in [6.45, 7) is 2.90. The number of rotatable bonds is 4. The molecule has 1 aliphatic rings. The third-order valence-electron chi connectivity index (χ3n) is 4.26. The number of amides is 1. The van der Waals surface area contributed by atoms with Gasteiger partial charge in [-0.05, 0) is 36.1 Å². The Balaban J connectivity index is 1.81. The van der Waals surface area contributed by atoms with Crippen molar-refractivity contribution in [2.75, 3.05) is 6.54 Å². The molecule has 104 valence electrons. The molecule has 0 spiro atoms. The Morgan fingerprint density at radius 2 is 2.15 bits per heavy atom. The van der Waals surface area contributed by atoms with E-state index >= 15 is 0 Å². The fourth-order valence-corrected chi connectivity index (χ4v) is 2.73. The van der Waals surface area contributed by atoms with Crippen molar-refractivity contribution in [2.24, 2.45) is 5.41 Å². The Kier molecular flexibility index (Phi) is 3.38. The summed E-state index contributed by atoms with van der Waals surface area (Å²) in [5, 5.41) is 5.18. The van der Waals surface area contributed by atoms with E-state index in [9.17, 15) is 4.79 Å². The van der Waals surface area contributed by atoms with Gasteiger partial charge < -0.3 is 5.32 Å². The minimum absolute atomic E-state index is 0.141. The number of aromatic nitrogens is 1. The van der Waals surface area contributed by atoms with Crippen LogP contribution in [-0.4, -0.2) is 17.4 Å². The smallest absolute Gasteiger partial charge is 0.269 e. The molecule has 1 saturated carbocycles. The number of halogens is 1. The predicted octanol–water partition coefficient (Wildman–Crippen LogP) is 3.81. The maximum atomic E-state index is 12.2. The Hall–Kier alpha value is -1.61. The normalized spacial score (nSPS) is 16.1. The minimum atomic E-state index is -0.141. The molecule has 0 aliphatic heterocycles. The summed E-state index contributed by atoms with van der Waals surface area (Å²) in [7, 11) is 0. The molecule has 4 heteroatoms. The van der Waals surface area contributed by atoms with E-state index in [0.717, 1.165) is 23.7 Å². The van der Waals surface area contributed by atoms with Gasteiger partial charge in [0.15, 0.2) is 0 Å². The van der Waals surface area contributed by atoms with Gasteiger partial charge in [0.05, 0.1) is 0 Å². The molecule has 1 heterocycles. The van der Waals surface area contributed by atoms with Gasteiger partial charge in [0.1, 0.15) is 10.8 Å². The molecule has 2 aromatic rings. The molecule has 1 fully saturated rings. The molecule has 0 atom stereocenters. The van der Waals surface area contributed by atoms with Crippen LogP contribution < -0.4 is 5.32 Å². The van der Waals surface area contributed by atoms with Crippen LogP contribution in [0.25, 0.3) is 10.8 Å². The van der Waals surface area contributed by atoms with Gasteiger partial charge in [-0.3, -0.25) is 4.79 Å². The minimum Gasteiger partial charge on any atom is -0.350 e. The van der Waals surface area contributed by atoms with Crippen LogP contribution in [0.5, 0.6) is 0 Å². The molecule has 1 aromatic carbocycles. The molecule has 1 aromatic heterocycles. The van der Waals surface area contributed by atoms with Gasteiger partial charge in [-0.1, -0.05) is 42.8 Å². The highest BCUT2D eigenvalue weighted by Crippen LogP contribution is 2.47. The van der Waals surface area contributed by atoms with E-state index in [2.05, 4.69) is 17.2 Å². The Morgan fingerprint density at radius 3 is 2.85 bits per heavy atom. The largest absolute Gasteiger partial charge is 0.350 e. The summed E-state index contributed by atoms with van der Waals surface area (Å²) in [6.07, 6.45) is 3.52. The quantitative estimate of drug-likeness (QED) is 0.869. The third kappa shape index (κ3) is 2.50. The number of hydrogen-bond donors (Lipinski definition) is 1. The van der Waals surface area contributed by atoms with E-state index in [1.54, 1.807) is 6.07 Å². The number of nitrogens with one attached hydrogen (secondary N) is 1. The van der Waals surface area contributed by atoms with Crippen molar-refractivity contribution in [3.63, 3.8) is 0 Å². The van der Waals surface area contributed by atoms with E-state index in [0.29, 0.717) is 16.3 Å². The molecule has 1 N–H and O–H groups in total. The fraction of sp³-hybridized carbons (Fsp3) is 0.375. The van der Waals surface area contributed by atoms with Crippen molar-refractivity contribution in [3.8, 4) is 0 Å². The molecule has 1 aliphatic carbocycles. The van der Waals surface area contributed by atoms with Crippen LogP contribution in [0.2, 0.25) is 5.15 Å². The van der Waals surface area contributed by atoms with Crippen molar-refractivity contribution < 1.29 is 4.79 Å². The van der Waals surface area contributed by atoms with Crippen LogP contribution in [0.3, 0.4) is 0 Å². The lowest BCUT2D eigenvalue weighted by Crippen LogP contribution is -2.30. The van der Waals surface area contributed by atoms with Crippen molar-refractivity contribution >= 4 is 28.3 Å². The van der Waals surface area contributed by atoms with E-state index in [1.807, 2.05) is 24.3 Å². The summed E-state index contributed by atoms with van der Waals surface area (Å²) in [6, 6.07) is 9.48. The lowest BCUT2D eigenvalue weighted by molar-refractivity contribution is 0.0939. The van der Waals surface area contributed by atoms with Crippen LogP contribution in [0, 0.1) is 5.41 Å². The monoisotopic (exact) mass is 288 g/mol. The summed E-state index contributed by atoms with van der Waals surface area (Å²) in [4.78, 5) is 16.4. The summed E-state index contributed by atoms with van der Waals surface area (Å²) in [5.74, 6) is -0.141. The predicted molar refractivity (Wildman–Crippen MR) is 81.0 cm³/mol. The molecule has 3 nitrogen and oxygen atoms in total. The Morgan fingerprint density at radius 1 is 1.40 bits per heavy atom. The van der Waals surface area contributed by atoms with Gasteiger partial charge in [0.2, 0.25) is 0 Å². The van der Waals surface area contributed by atoms with Crippen molar-refractivity contribution in [1.82, 2.24) is 10.3 Å². The van der Waals surface area contributed by atoms with E-state index in [1.165, 1.54) is 12.8 Å². The fourth-order valence-electron chi connectivity index (χ4n) is 2.46. The summed E-state index contributed by atoms with van der Waals surface area (Å²) >= 11 is 6.14. The average molecular weight is 289 g/mol. The molecule has 0 radical (unpaired) electrons. The number of carbonyl (C=O) groups is 1. The van der Waals surface area contributed by atoms with Crippen LogP contribution in [0.15, 0.2) is 30.3 Å². The number of pyridine rings is 1. The zero-order valence-corrected chi connectivity index (χ0v) is 12.2. The van der Waals surface area contributed by atoms with Gasteiger partial charge in [0, 0.05) is 11.9 Å². The maximum absolute atomic E-state index is 12.2.